The standard InChI is InChI=1S/C20H32N4O4/c1-19(2,3)28-18(27)22-10-13-9-20(4)15(7-5-6-8-16(20)25)24(13)17(26)14-11-21-12-23-14/h11-13,15-16,25H,5-10H2,1-4H3,(H,21,23)(H,22,27)/t13-,15-,16-,20-/m1/s1. The summed E-state index contributed by atoms with van der Waals surface area (Å²) in [7, 11) is 0. The van der Waals surface area contributed by atoms with E-state index in [9.17, 15) is 14.7 Å². The lowest BCUT2D eigenvalue weighted by Crippen LogP contribution is -2.49. The third-order valence-corrected chi connectivity index (χ3v) is 5.98. The summed E-state index contributed by atoms with van der Waals surface area (Å²) in [5.74, 6) is -0.142. The van der Waals surface area contributed by atoms with Gasteiger partial charge in [0.25, 0.3) is 5.91 Å². The largest absolute Gasteiger partial charge is 0.444 e. The van der Waals surface area contributed by atoms with Crippen molar-refractivity contribution in [2.24, 2.45) is 5.41 Å². The van der Waals surface area contributed by atoms with Crippen molar-refractivity contribution in [3.05, 3.63) is 18.2 Å². The normalized spacial score (nSPS) is 30.5. The predicted octanol–water partition coefficient (Wildman–Crippen LogP) is 2.46. The number of carbonyl (C=O) groups is 2. The molecule has 0 bridgehead atoms. The maximum atomic E-state index is 13.2. The number of amides is 2. The summed E-state index contributed by atoms with van der Waals surface area (Å²) < 4.78 is 5.33. The second-order valence-electron chi connectivity index (χ2n) is 9.24. The molecule has 0 aromatic carbocycles. The van der Waals surface area contributed by atoms with Gasteiger partial charge in [-0.3, -0.25) is 4.79 Å². The number of ether oxygens (including phenoxy) is 1. The van der Waals surface area contributed by atoms with Gasteiger partial charge < -0.3 is 25.0 Å². The summed E-state index contributed by atoms with van der Waals surface area (Å²) in [6.45, 7) is 7.78. The molecule has 2 aliphatic rings. The van der Waals surface area contributed by atoms with Crippen molar-refractivity contribution in [2.75, 3.05) is 6.54 Å². The lowest BCUT2D eigenvalue weighted by Gasteiger charge is -2.37. The SMILES string of the molecule is CC(C)(C)OC(=O)NC[C@H]1C[C@@]2(C)[C@H](O)CCCC[C@H]2N1C(=O)c1cnc[nH]1. The number of aliphatic hydroxyl groups excluding tert-OH is 1. The van der Waals surface area contributed by atoms with E-state index in [4.69, 9.17) is 4.74 Å². The molecule has 2 amide bonds. The fourth-order valence-electron chi connectivity index (χ4n) is 4.65. The van der Waals surface area contributed by atoms with Crippen LogP contribution < -0.4 is 5.32 Å². The molecule has 0 spiro atoms. The summed E-state index contributed by atoms with van der Waals surface area (Å²) in [6.07, 6.45) is 6.18. The molecular weight excluding hydrogens is 360 g/mol. The van der Waals surface area contributed by atoms with Gasteiger partial charge in [-0.05, 0) is 40.0 Å². The number of aliphatic hydroxyl groups is 1. The summed E-state index contributed by atoms with van der Waals surface area (Å²) in [5.41, 5.74) is -0.559. The Morgan fingerprint density at radius 3 is 2.75 bits per heavy atom. The third-order valence-electron chi connectivity index (χ3n) is 5.98. The monoisotopic (exact) mass is 392 g/mol. The topological polar surface area (TPSA) is 108 Å². The highest BCUT2D eigenvalue weighted by molar-refractivity contribution is 5.93. The number of nitrogens with one attached hydrogen (secondary N) is 2. The van der Waals surface area contributed by atoms with Crippen LogP contribution in [0.3, 0.4) is 0 Å². The summed E-state index contributed by atoms with van der Waals surface area (Å²) in [5, 5.41) is 13.6. The number of carbonyl (C=O) groups excluding carboxylic acids is 2. The summed E-state index contributed by atoms with van der Waals surface area (Å²) in [6, 6.07) is -0.294. The van der Waals surface area contributed by atoms with Crippen LogP contribution in [0.25, 0.3) is 0 Å². The highest BCUT2D eigenvalue weighted by Crippen LogP contribution is 2.48. The van der Waals surface area contributed by atoms with Crippen LogP contribution in [0.5, 0.6) is 0 Å². The zero-order valence-electron chi connectivity index (χ0n) is 17.2. The first kappa shape index (κ1) is 20.6. The smallest absolute Gasteiger partial charge is 0.407 e. The lowest BCUT2D eigenvalue weighted by molar-refractivity contribution is 0.0119. The van der Waals surface area contributed by atoms with E-state index in [1.807, 2.05) is 25.7 Å². The predicted molar refractivity (Wildman–Crippen MR) is 104 cm³/mol. The maximum absolute atomic E-state index is 13.2. The number of aromatic amines is 1. The van der Waals surface area contributed by atoms with Crippen LogP contribution in [-0.2, 0) is 4.74 Å². The van der Waals surface area contributed by atoms with Gasteiger partial charge in [0.2, 0.25) is 0 Å². The Labute approximate surface area is 166 Å². The van der Waals surface area contributed by atoms with E-state index in [0.717, 1.165) is 25.7 Å². The molecule has 1 aromatic rings. The van der Waals surface area contributed by atoms with Gasteiger partial charge in [0, 0.05) is 18.0 Å². The van der Waals surface area contributed by atoms with Crippen LogP contribution in [0.2, 0.25) is 0 Å². The molecule has 8 heteroatoms. The van der Waals surface area contributed by atoms with Crippen LogP contribution in [0.4, 0.5) is 4.79 Å². The molecular formula is C20H32N4O4. The van der Waals surface area contributed by atoms with Gasteiger partial charge in [-0.1, -0.05) is 19.8 Å². The minimum absolute atomic E-state index is 0.0776. The molecule has 1 aromatic heterocycles. The Hall–Kier alpha value is -2.09. The van der Waals surface area contributed by atoms with E-state index in [-0.39, 0.29) is 24.5 Å². The molecule has 4 atom stereocenters. The van der Waals surface area contributed by atoms with Crippen LogP contribution in [0.15, 0.2) is 12.5 Å². The summed E-state index contributed by atoms with van der Waals surface area (Å²) >= 11 is 0. The molecule has 8 nitrogen and oxygen atoms in total. The van der Waals surface area contributed by atoms with Crippen molar-refractivity contribution in [3.63, 3.8) is 0 Å². The van der Waals surface area contributed by atoms with Crippen LogP contribution in [0.1, 0.15) is 70.3 Å². The van der Waals surface area contributed by atoms with Crippen molar-refractivity contribution in [3.8, 4) is 0 Å². The Morgan fingerprint density at radius 2 is 2.11 bits per heavy atom. The van der Waals surface area contributed by atoms with E-state index >= 15 is 0 Å². The minimum Gasteiger partial charge on any atom is -0.444 e. The molecule has 1 aliphatic heterocycles. The van der Waals surface area contributed by atoms with Crippen molar-refractivity contribution in [1.82, 2.24) is 20.2 Å². The third kappa shape index (κ3) is 4.16. The number of rotatable bonds is 3. The fourth-order valence-corrected chi connectivity index (χ4v) is 4.65. The average molecular weight is 393 g/mol. The molecule has 0 radical (unpaired) electrons. The highest BCUT2D eigenvalue weighted by Gasteiger charge is 2.55. The van der Waals surface area contributed by atoms with Crippen LogP contribution >= 0.6 is 0 Å². The molecule has 1 saturated carbocycles. The van der Waals surface area contributed by atoms with Gasteiger partial charge >= 0.3 is 6.09 Å². The van der Waals surface area contributed by atoms with Crippen molar-refractivity contribution in [2.45, 2.75) is 83.6 Å². The van der Waals surface area contributed by atoms with E-state index in [2.05, 4.69) is 22.2 Å². The molecule has 1 aliphatic carbocycles. The minimum atomic E-state index is -0.584. The highest BCUT2D eigenvalue weighted by atomic mass is 16.6. The Kier molecular flexibility index (Phi) is 5.70. The molecule has 2 heterocycles. The number of alkyl carbamates (subject to hydrolysis) is 1. The average Bonchev–Trinajstić information content (AvgIpc) is 3.19. The zero-order chi connectivity index (χ0) is 20.5. The van der Waals surface area contributed by atoms with E-state index in [0.29, 0.717) is 12.1 Å². The zero-order valence-corrected chi connectivity index (χ0v) is 17.2. The Morgan fingerprint density at radius 1 is 1.39 bits per heavy atom. The number of aromatic nitrogens is 2. The molecule has 0 unspecified atom stereocenters. The Bertz CT molecular complexity index is 700. The lowest BCUT2D eigenvalue weighted by atomic mass is 9.75. The second kappa shape index (κ2) is 7.73. The van der Waals surface area contributed by atoms with Gasteiger partial charge in [0.05, 0.1) is 24.7 Å². The van der Waals surface area contributed by atoms with Gasteiger partial charge in [-0.2, -0.15) is 0 Å². The quantitative estimate of drug-likeness (QED) is 0.732. The maximum Gasteiger partial charge on any atom is 0.407 e. The molecule has 28 heavy (non-hydrogen) atoms. The molecule has 3 rings (SSSR count). The number of likely N-dealkylation sites (tertiary alicyclic amines) is 1. The molecule has 3 N–H and O–H groups in total. The Balaban J connectivity index is 1.82. The first-order chi connectivity index (χ1) is 13.1. The van der Waals surface area contributed by atoms with E-state index in [1.165, 1.54) is 12.5 Å². The second-order valence-corrected chi connectivity index (χ2v) is 9.24. The van der Waals surface area contributed by atoms with Crippen molar-refractivity contribution < 1.29 is 19.4 Å². The number of nitrogens with zero attached hydrogens (tertiary/aromatic N) is 2. The number of imidazole rings is 1. The van der Waals surface area contributed by atoms with E-state index in [1.54, 1.807) is 0 Å². The first-order valence-electron chi connectivity index (χ1n) is 10.1. The molecule has 1 saturated heterocycles. The molecule has 156 valence electrons. The number of hydrogen-bond donors (Lipinski definition) is 3. The molecule has 2 fully saturated rings. The van der Waals surface area contributed by atoms with Gasteiger partial charge in [-0.25, -0.2) is 9.78 Å². The number of H-pyrrole nitrogens is 1. The van der Waals surface area contributed by atoms with Crippen molar-refractivity contribution in [1.29, 1.82) is 0 Å². The van der Waals surface area contributed by atoms with Gasteiger partial charge in [-0.15, -0.1) is 0 Å². The van der Waals surface area contributed by atoms with E-state index < -0.39 is 23.2 Å². The first-order valence-corrected chi connectivity index (χ1v) is 10.1. The van der Waals surface area contributed by atoms with Crippen molar-refractivity contribution >= 4 is 12.0 Å². The van der Waals surface area contributed by atoms with Crippen LogP contribution in [0, 0.1) is 5.41 Å². The number of hydrogen-bond acceptors (Lipinski definition) is 5. The van der Waals surface area contributed by atoms with Crippen LogP contribution in [-0.4, -0.2) is 62.3 Å². The summed E-state index contributed by atoms with van der Waals surface area (Å²) in [4.78, 5) is 34.1. The van der Waals surface area contributed by atoms with Gasteiger partial charge in [0.15, 0.2) is 0 Å². The fraction of sp³-hybridized carbons (Fsp3) is 0.750. The van der Waals surface area contributed by atoms with Gasteiger partial charge in [0.1, 0.15) is 11.3 Å². The number of fused-ring (bicyclic) bond motifs is 1.